The highest BCUT2D eigenvalue weighted by atomic mass is 19.4. The molecule has 1 aromatic rings. The molecule has 0 heterocycles. The highest BCUT2D eigenvalue weighted by Gasteiger charge is 2.30. The third kappa shape index (κ3) is 5.58. The van der Waals surface area contributed by atoms with E-state index in [2.05, 4.69) is 5.32 Å². The molecular formula is C15H15F3N2O2. The van der Waals surface area contributed by atoms with E-state index < -0.39 is 17.6 Å². The molecule has 1 amide bonds. The third-order valence-electron chi connectivity index (χ3n) is 2.70. The van der Waals surface area contributed by atoms with Crippen molar-refractivity contribution in [2.75, 3.05) is 20.3 Å². The predicted octanol–water partition coefficient (Wildman–Crippen LogP) is 2.77. The van der Waals surface area contributed by atoms with E-state index in [4.69, 9.17) is 10.00 Å². The van der Waals surface area contributed by atoms with E-state index in [9.17, 15) is 18.0 Å². The van der Waals surface area contributed by atoms with Gasteiger partial charge in [0.15, 0.2) is 0 Å². The van der Waals surface area contributed by atoms with Crippen molar-refractivity contribution in [1.29, 1.82) is 5.26 Å². The second kappa shape index (κ2) is 8.20. The summed E-state index contributed by atoms with van der Waals surface area (Å²) in [6, 6.07) is 6.11. The van der Waals surface area contributed by atoms with Gasteiger partial charge in [-0.15, -0.1) is 0 Å². The fraction of sp³-hybridized carbons (Fsp3) is 0.333. The molecule has 0 atom stereocenters. The third-order valence-corrected chi connectivity index (χ3v) is 2.70. The largest absolute Gasteiger partial charge is 0.416 e. The van der Waals surface area contributed by atoms with Gasteiger partial charge >= 0.3 is 6.18 Å². The summed E-state index contributed by atoms with van der Waals surface area (Å²) in [6.07, 6.45) is -2.77. The number of halogens is 3. The van der Waals surface area contributed by atoms with Gasteiger partial charge < -0.3 is 10.1 Å². The van der Waals surface area contributed by atoms with Crippen molar-refractivity contribution in [2.24, 2.45) is 0 Å². The summed E-state index contributed by atoms with van der Waals surface area (Å²) >= 11 is 0. The molecule has 0 unspecified atom stereocenters. The van der Waals surface area contributed by atoms with Crippen molar-refractivity contribution in [3.8, 4) is 6.07 Å². The van der Waals surface area contributed by atoms with Crippen LogP contribution in [0, 0.1) is 11.3 Å². The molecule has 0 radical (unpaired) electrons. The Hall–Kier alpha value is -2.33. The van der Waals surface area contributed by atoms with Crippen LogP contribution in [0.15, 0.2) is 29.8 Å². The van der Waals surface area contributed by atoms with Crippen molar-refractivity contribution < 1.29 is 22.7 Å². The van der Waals surface area contributed by atoms with Gasteiger partial charge in [-0.1, -0.05) is 12.1 Å². The Balaban J connectivity index is 2.84. The van der Waals surface area contributed by atoms with Crippen LogP contribution >= 0.6 is 0 Å². The maximum atomic E-state index is 12.6. The SMILES string of the molecule is COCCCNC(=O)/C(C#N)=C/c1cccc(C(F)(F)F)c1. The molecule has 0 saturated heterocycles. The molecule has 1 rings (SSSR count). The number of amides is 1. The van der Waals surface area contributed by atoms with E-state index in [1.807, 2.05) is 0 Å². The lowest BCUT2D eigenvalue weighted by atomic mass is 10.1. The number of benzene rings is 1. The van der Waals surface area contributed by atoms with E-state index in [0.717, 1.165) is 18.2 Å². The second-order valence-electron chi connectivity index (χ2n) is 4.40. The molecule has 1 aromatic carbocycles. The molecule has 0 spiro atoms. The van der Waals surface area contributed by atoms with Gasteiger partial charge in [-0.2, -0.15) is 18.4 Å². The molecule has 0 saturated carbocycles. The van der Waals surface area contributed by atoms with Gasteiger partial charge in [0.25, 0.3) is 5.91 Å². The highest BCUT2D eigenvalue weighted by Crippen LogP contribution is 2.29. The first-order valence-electron chi connectivity index (χ1n) is 6.44. The number of alkyl halides is 3. The Morgan fingerprint density at radius 2 is 2.18 bits per heavy atom. The average molecular weight is 312 g/mol. The average Bonchev–Trinajstić information content (AvgIpc) is 2.48. The zero-order valence-corrected chi connectivity index (χ0v) is 11.9. The lowest BCUT2D eigenvalue weighted by Gasteiger charge is -2.07. The number of rotatable bonds is 6. The van der Waals surface area contributed by atoms with Crippen LogP contribution in [0.3, 0.4) is 0 Å². The molecular weight excluding hydrogens is 297 g/mol. The minimum absolute atomic E-state index is 0.137. The maximum absolute atomic E-state index is 12.6. The number of nitrogens with zero attached hydrogens (tertiary/aromatic N) is 1. The van der Waals surface area contributed by atoms with E-state index in [-0.39, 0.29) is 11.1 Å². The van der Waals surface area contributed by atoms with E-state index in [0.29, 0.717) is 19.6 Å². The van der Waals surface area contributed by atoms with Gasteiger partial charge in [0.2, 0.25) is 0 Å². The summed E-state index contributed by atoms with van der Waals surface area (Å²) < 4.78 is 42.6. The Morgan fingerprint density at radius 3 is 2.77 bits per heavy atom. The van der Waals surface area contributed by atoms with Crippen molar-refractivity contribution in [1.82, 2.24) is 5.32 Å². The first-order valence-corrected chi connectivity index (χ1v) is 6.44. The molecule has 1 N–H and O–H groups in total. The number of methoxy groups -OCH3 is 1. The van der Waals surface area contributed by atoms with Gasteiger partial charge in [-0.05, 0) is 30.2 Å². The first-order chi connectivity index (χ1) is 10.4. The Morgan fingerprint density at radius 1 is 1.45 bits per heavy atom. The maximum Gasteiger partial charge on any atom is 0.416 e. The molecule has 0 aromatic heterocycles. The molecule has 0 aliphatic heterocycles. The van der Waals surface area contributed by atoms with E-state index >= 15 is 0 Å². The first kappa shape index (κ1) is 17.7. The van der Waals surface area contributed by atoms with Gasteiger partial charge in [0.1, 0.15) is 11.6 Å². The number of ether oxygens (including phenoxy) is 1. The molecule has 0 aliphatic carbocycles. The zero-order valence-electron chi connectivity index (χ0n) is 11.9. The number of nitrogens with one attached hydrogen (secondary N) is 1. The molecule has 22 heavy (non-hydrogen) atoms. The van der Waals surface area contributed by atoms with Gasteiger partial charge in [0, 0.05) is 20.3 Å². The zero-order chi connectivity index (χ0) is 16.6. The number of carbonyl (C=O) groups is 1. The van der Waals surface area contributed by atoms with Crippen LogP contribution in [-0.4, -0.2) is 26.2 Å². The van der Waals surface area contributed by atoms with Gasteiger partial charge in [-0.3, -0.25) is 4.79 Å². The summed E-state index contributed by atoms with van der Waals surface area (Å²) in [4.78, 5) is 11.8. The van der Waals surface area contributed by atoms with Crippen LogP contribution in [-0.2, 0) is 15.7 Å². The molecule has 0 fully saturated rings. The Labute approximate surface area is 126 Å². The van der Waals surface area contributed by atoms with Crippen LogP contribution < -0.4 is 5.32 Å². The van der Waals surface area contributed by atoms with Crippen LogP contribution in [0.1, 0.15) is 17.5 Å². The van der Waals surface area contributed by atoms with E-state index in [1.54, 1.807) is 6.07 Å². The number of nitriles is 1. The molecule has 118 valence electrons. The van der Waals surface area contributed by atoms with Crippen molar-refractivity contribution >= 4 is 12.0 Å². The smallest absolute Gasteiger partial charge is 0.385 e. The topological polar surface area (TPSA) is 62.1 Å². The molecule has 4 nitrogen and oxygen atoms in total. The van der Waals surface area contributed by atoms with Crippen molar-refractivity contribution in [3.05, 3.63) is 41.0 Å². The fourth-order valence-electron chi connectivity index (χ4n) is 1.63. The van der Waals surface area contributed by atoms with Crippen LogP contribution in [0.5, 0.6) is 0 Å². The summed E-state index contributed by atoms with van der Waals surface area (Å²) in [7, 11) is 1.52. The van der Waals surface area contributed by atoms with Crippen LogP contribution in [0.25, 0.3) is 6.08 Å². The molecule has 7 heteroatoms. The Kier molecular flexibility index (Phi) is 6.60. The number of hydrogen-bond acceptors (Lipinski definition) is 3. The van der Waals surface area contributed by atoms with Gasteiger partial charge in [0.05, 0.1) is 5.56 Å². The Bertz CT molecular complexity index is 589. The summed E-state index contributed by atoms with van der Waals surface area (Å²) in [5.41, 5.74) is -0.950. The monoisotopic (exact) mass is 312 g/mol. The lowest BCUT2D eigenvalue weighted by Crippen LogP contribution is -2.26. The predicted molar refractivity (Wildman–Crippen MR) is 74.5 cm³/mol. The van der Waals surface area contributed by atoms with E-state index in [1.165, 1.54) is 19.2 Å². The standard InChI is InChI=1S/C15H15F3N2O2/c1-22-7-3-6-20-14(21)12(10-19)8-11-4-2-5-13(9-11)15(16,17)18/h2,4-5,8-9H,3,6-7H2,1H3,(H,20,21)/b12-8+. The van der Waals surface area contributed by atoms with Gasteiger partial charge in [-0.25, -0.2) is 0 Å². The fourth-order valence-corrected chi connectivity index (χ4v) is 1.63. The number of hydrogen-bond donors (Lipinski definition) is 1. The summed E-state index contributed by atoms with van der Waals surface area (Å²) in [5.74, 6) is -0.629. The molecule has 0 aliphatic rings. The highest BCUT2D eigenvalue weighted by molar-refractivity contribution is 6.01. The quantitative estimate of drug-likeness (QED) is 0.499. The van der Waals surface area contributed by atoms with Crippen LogP contribution in [0.4, 0.5) is 13.2 Å². The minimum atomic E-state index is -4.47. The second-order valence-corrected chi connectivity index (χ2v) is 4.40. The van der Waals surface area contributed by atoms with Crippen molar-refractivity contribution in [3.63, 3.8) is 0 Å². The molecule has 0 bridgehead atoms. The number of carbonyl (C=O) groups excluding carboxylic acids is 1. The normalized spacial score (nSPS) is 11.9. The van der Waals surface area contributed by atoms with Crippen molar-refractivity contribution in [2.45, 2.75) is 12.6 Å². The van der Waals surface area contributed by atoms with Crippen LogP contribution in [0.2, 0.25) is 0 Å². The summed E-state index contributed by atoms with van der Waals surface area (Å²) in [5, 5.41) is 11.5. The summed E-state index contributed by atoms with van der Waals surface area (Å²) in [6.45, 7) is 0.772. The minimum Gasteiger partial charge on any atom is -0.385 e. The lowest BCUT2D eigenvalue weighted by molar-refractivity contribution is -0.137.